The highest BCUT2D eigenvalue weighted by Gasteiger charge is 2.26. The van der Waals surface area contributed by atoms with Crippen LogP contribution in [-0.4, -0.2) is 16.3 Å². The number of alkyl halides is 1. The number of benzene rings is 1. The Kier molecular flexibility index (Phi) is 5.05. The number of carbonyl (C=O) groups excluding carboxylic acids is 1. The molecule has 1 atom stereocenters. The zero-order valence-corrected chi connectivity index (χ0v) is 13.8. The molecule has 1 aromatic carbocycles. The van der Waals surface area contributed by atoms with Crippen LogP contribution in [0.3, 0.4) is 0 Å². The maximum Gasteiger partial charge on any atom is 0.253 e. The summed E-state index contributed by atoms with van der Waals surface area (Å²) in [5.74, 6) is -0.168. The van der Waals surface area contributed by atoms with Gasteiger partial charge in [0.2, 0.25) is 0 Å². The third-order valence-corrected chi connectivity index (χ3v) is 4.56. The number of hydrogen-bond acceptors (Lipinski definition) is 1. The summed E-state index contributed by atoms with van der Waals surface area (Å²) in [7, 11) is 0. The summed E-state index contributed by atoms with van der Waals surface area (Å²) in [5, 5.41) is 3.39. The summed E-state index contributed by atoms with van der Waals surface area (Å²) >= 11 is 12.8. The zero-order valence-electron chi connectivity index (χ0n) is 9.85. The molecule has 0 saturated carbocycles. The number of rotatable bonds is 3. The molecule has 17 heavy (non-hydrogen) atoms. The molecule has 0 aliphatic rings. The molecule has 0 radical (unpaired) electrons. The maximum atomic E-state index is 12.1. The standard InChI is InChI=1S/C12H14Br2ClNO/c1-7(13)12(2,3)16-11(17)9-5-4-8(14)6-10(9)15/h4-7H,1-3H3,(H,16,17). The van der Waals surface area contributed by atoms with E-state index in [9.17, 15) is 4.79 Å². The highest BCUT2D eigenvalue weighted by Crippen LogP contribution is 2.23. The number of hydrogen-bond donors (Lipinski definition) is 1. The van der Waals surface area contributed by atoms with Crippen LogP contribution < -0.4 is 5.32 Å². The van der Waals surface area contributed by atoms with Gasteiger partial charge in [-0.1, -0.05) is 50.4 Å². The van der Waals surface area contributed by atoms with Crippen molar-refractivity contribution in [2.45, 2.75) is 31.1 Å². The van der Waals surface area contributed by atoms with E-state index in [1.165, 1.54) is 0 Å². The lowest BCUT2D eigenvalue weighted by Gasteiger charge is -2.29. The van der Waals surface area contributed by atoms with E-state index in [0.717, 1.165) is 4.47 Å². The van der Waals surface area contributed by atoms with Crippen molar-refractivity contribution in [2.24, 2.45) is 0 Å². The van der Waals surface area contributed by atoms with Crippen molar-refractivity contribution in [3.63, 3.8) is 0 Å². The van der Waals surface area contributed by atoms with Gasteiger partial charge < -0.3 is 5.32 Å². The van der Waals surface area contributed by atoms with Crippen molar-refractivity contribution in [1.29, 1.82) is 0 Å². The molecule has 1 aromatic rings. The predicted molar refractivity (Wildman–Crippen MR) is 79.1 cm³/mol. The molecule has 0 bridgehead atoms. The van der Waals surface area contributed by atoms with Crippen LogP contribution in [0.4, 0.5) is 0 Å². The van der Waals surface area contributed by atoms with E-state index in [2.05, 4.69) is 37.2 Å². The normalized spacial score (nSPS) is 13.3. The average molecular weight is 384 g/mol. The Bertz CT molecular complexity index is 433. The Hall–Kier alpha value is -0.0600. The smallest absolute Gasteiger partial charge is 0.253 e. The Morgan fingerprint density at radius 3 is 2.53 bits per heavy atom. The van der Waals surface area contributed by atoms with Crippen LogP contribution in [0.2, 0.25) is 5.02 Å². The molecule has 0 spiro atoms. The van der Waals surface area contributed by atoms with Crippen molar-refractivity contribution in [2.75, 3.05) is 0 Å². The Labute approximate surface area is 123 Å². The van der Waals surface area contributed by atoms with Crippen LogP contribution in [0.1, 0.15) is 31.1 Å². The van der Waals surface area contributed by atoms with Gasteiger partial charge in [0.15, 0.2) is 0 Å². The van der Waals surface area contributed by atoms with Crippen molar-refractivity contribution >= 4 is 49.4 Å². The van der Waals surface area contributed by atoms with E-state index in [1.807, 2.05) is 20.8 Å². The van der Waals surface area contributed by atoms with Crippen LogP contribution in [0.5, 0.6) is 0 Å². The van der Waals surface area contributed by atoms with Gasteiger partial charge in [0.25, 0.3) is 5.91 Å². The molecule has 0 saturated heterocycles. The highest BCUT2D eigenvalue weighted by molar-refractivity contribution is 9.10. The number of nitrogens with one attached hydrogen (secondary N) is 1. The first-order valence-electron chi connectivity index (χ1n) is 5.15. The summed E-state index contributed by atoms with van der Waals surface area (Å²) in [6.45, 7) is 5.90. The van der Waals surface area contributed by atoms with Crippen LogP contribution in [-0.2, 0) is 0 Å². The molecular formula is C12H14Br2ClNO. The number of halogens is 3. The largest absolute Gasteiger partial charge is 0.346 e. The first-order chi connectivity index (χ1) is 7.74. The van der Waals surface area contributed by atoms with Gasteiger partial charge in [-0.15, -0.1) is 0 Å². The van der Waals surface area contributed by atoms with Gasteiger partial charge in [-0.3, -0.25) is 4.79 Å². The second-order valence-corrected chi connectivity index (χ2v) is 7.11. The Balaban J connectivity index is 2.91. The van der Waals surface area contributed by atoms with Gasteiger partial charge in [-0.2, -0.15) is 0 Å². The Morgan fingerprint density at radius 2 is 2.06 bits per heavy atom. The fourth-order valence-electron chi connectivity index (χ4n) is 1.13. The van der Waals surface area contributed by atoms with Crippen LogP contribution in [0.25, 0.3) is 0 Å². The van der Waals surface area contributed by atoms with E-state index in [4.69, 9.17) is 11.6 Å². The first kappa shape index (κ1) is 15.0. The minimum absolute atomic E-state index is 0.160. The predicted octanol–water partition coefficient (Wildman–Crippen LogP) is 4.39. The molecule has 0 fully saturated rings. The lowest BCUT2D eigenvalue weighted by molar-refractivity contribution is 0.0914. The zero-order chi connectivity index (χ0) is 13.2. The van der Waals surface area contributed by atoms with Gasteiger partial charge in [0.05, 0.1) is 10.6 Å². The fourth-order valence-corrected chi connectivity index (χ4v) is 2.01. The van der Waals surface area contributed by atoms with Gasteiger partial charge in [0, 0.05) is 14.8 Å². The third kappa shape index (κ3) is 3.97. The maximum absolute atomic E-state index is 12.1. The molecule has 1 amide bonds. The summed E-state index contributed by atoms with van der Waals surface area (Å²) in [4.78, 5) is 12.2. The van der Waals surface area contributed by atoms with E-state index in [-0.39, 0.29) is 16.3 Å². The summed E-state index contributed by atoms with van der Waals surface area (Å²) in [6, 6.07) is 5.21. The summed E-state index contributed by atoms with van der Waals surface area (Å²) in [5.41, 5.74) is 0.143. The molecule has 1 rings (SSSR count). The van der Waals surface area contributed by atoms with Crippen LogP contribution >= 0.6 is 43.5 Å². The van der Waals surface area contributed by atoms with Crippen molar-refractivity contribution in [3.05, 3.63) is 33.3 Å². The van der Waals surface area contributed by atoms with E-state index < -0.39 is 0 Å². The lowest BCUT2D eigenvalue weighted by Crippen LogP contribution is -2.48. The van der Waals surface area contributed by atoms with E-state index >= 15 is 0 Å². The molecule has 1 unspecified atom stereocenters. The molecule has 1 N–H and O–H groups in total. The Morgan fingerprint density at radius 1 is 1.47 bits per heavy atom. The summed E-state index contributed by atoms with van der Waals surface area (Å²) in [6.07, 6.45) is 0. The highest BCUT2D eigenvalue weighted by atomic mass is 79.9. The minimum Gasteiger partial charge on any atom is -0.346 e. The second kappa shape index (κ2) is 5.72. The third-order valence-electron chi connectivity index (χ3n) is 2.61. The molecular weight excluding hydrogens is 369 g/mol. The van der Waals surface area contributed by atoms with Crippen molar-refractivity contribution in [3.8, 4) is 0 Å². The van der Waals surface area contributed by atoms with Gasteiger partial charge in [-0.25, -0.2) is 0 Å². The van der Waals surface area contributed by atoms with Crippen LogP contribution in [0.15, 0.2) is 22.7 Å². The molecule has 5 heteroatoms. The van der Waals surface area contributed by atoms with E-state index in [1.54, 1.807) is 18.2 Å². The molecule has 94 valence electrons. The topological polar surface area (TPSA) is 29.1 Å². The molecule has 0 aromatic heterocycles. The molecule has 2 nitrogen and oxygen atoms in total. The monoisotopic (exact) mass is 381 g/mol. The minimum atomic E-state index is -0.340. The second-order valence-electron chi connectivity index (χ2n) is 4.42. The first-order valence-corrected chi connectivity index (χ1v) is 7.24. The van der Waals surface area contributed by atoms with Gasteiger partial charge >= 0.3 is 0 Å². The van der Waals surface area contributed by atoms with Crippen molar-refractivity contribution in [1.82, 2.24) is 5.32 Å². The van der Waals surface area contributed by atoms with Crippen LogP contribution in [0, 0.1) is 0 Å². The van der Waals surface area contributed by atoms with Gasteiger partial charge in [0.1, 0.15) is 0 Å². The van der Waals surface area contributed by atoms with Gasteiger partial charge in [-0.05, 0) is 32.0 Å². The fraction of sp³-hybridized carbons (Fsp3) is 0.417. The molecule has 0 aliphatic heterocycles. The quantitative estimate of drug-likeness (QED) is 0.771. The number of amides is 1. The average Bonchev–Trinajstić information content (AvgIpc) is 2.15. The molecule has 0 heterocycles. The number of carbonyl (C=O) groups is 1. The summed E-state index contributed by atoms with van der Waals surface area (Å²) < 4.78 is 0.854. The SMILES string of the molecule is CC(Br)C(C)(C)NC(=O)c1ccc(Br)cc1Cl. The van der Waals surface area contributed by atoms with Crippen molar-refractivity contribution < 1.29 is 4.79 Å². The molecule has 0 aliphatic carbocycles. The lowest BCUT2D eigenvalue weighted by atomic mass is 10.0. The van der Waals surface area contributed by atoms with E-state index in [0.29, 0.717) is 10.6 Å².